The van der Waals surface area contributed by atoms with E-state index in [-0.39, 0.29) is 30.1 Å². The number of ketones is 1. The Hall–Kier alpha value is -1.77. The van der Waals surface area contributed by atoms with Crippen LogP contribution in [0.4, 0.5) is 0 Å². The Morgan fingerprint density at radius 2 is 1.94 bits per heavy atom. The number of methoxy groups -OCH3 is 1. The summed E-state index contributed by atoms with van der Waals surface area (Å²) in [6, 6.07) is 0. The van der Waals surface area contributed by atoms with Crippen molar-refractivity contribution in [3.05, 3.63) is 11.6 Å². The van der Waals surface area contributed by atoms with Crippen LogP contribution in [0.15, 0.2) is 11.6 Å². The molecule has 0 amide bonds. The Bertz CT molecular complexity index is 973. The second kappa shape index (κ2) is 6.02. The summed E-state index contributed by atoms with van der Waals surface area (Å²) < 4.78 is 17.5. The lowest BCUT2D eigenvalue weighted by molar-refractivity contribution is -0.180. The zero-order chi connectivity index (χ0) is 22.8. The first-order valence-electron chi connectivity index (χ1n) is 11.6. The highest BCUT2D eigenvalue weighted by molar-refractivity contribution is 5.92. The van der Waals surface area contributed by atoms with Crippen LogP contribution < -0.4 is 0 Å². The fraction of sp³-hybridized carbons (Fsp3) is 0.792. The van der Waals surface area contributed by atoms with E-state index in [1.807, 2.05) is 0 Å². The van der Waals surface area contributed by atoms with Crippen molar-refractivity contribution >= 4 is 17.7 Å². The van der Waals surface area contributed by atoms with E-state index in [2.05, 4.69) is 13.8 Å². The van der Waals surface area contributed by atoms with Gasteiger partial charge in [0, 0.05) is 29.6 Å². The maximum Gasteiger partial charge on any atom is 0.335 e. The number of fused-ring (bicyclic) bond motifs is 4. The van der Waals surface area contributed by atoms with Crippen molar-refractivity contribution in [2.45, 2.75) is 81.9 Å². The lowest BCUT2D eigenvalue weighted by Gasteiger charge is -2.59. The summed E-state index contributed by atoms with van der Waals surface area (Å²) in [5, 5.41) is 21.7. The molecule has 3 saturated carbocycles. The zero-order valence-electron chi connectivity index (χ0n) is 18.6. The number of esters is 2. The minimum Gasteiger partial charge on any atom is -0.469 e. The molecule has 4 unspecified atom stereocenters. The average Bonchev–Trinajstić information content (AvgIpc) is 3.31. The number of epoxide rings is 1. The van der Waals surface area contributed by atoms with Crippen molar-refractivity contribution in [2.75, 3.05) is 7.11 Å². The topological polar surface area (TPSA) is 123 Å². The van der Waals surface area contributed by atoms with E-state index in [0.29, 0.717) is 37.7 Å². The lowest BCUT2D eigenvalue weighted by Crippen LogP contribution is -2.66. The van der Waals surface area contributed by atoms with Gasteiger partial charge in [0.25, 0.3) is 0 Å². The second-order valence-corrected chi connectivity index (χ2v) is 11.2. The molecule has 2 N–H and O–H groups in total. The number of hydrogen-bond acceptors (Lipinski definition) is 8. The third-order valence-electron chi connectivity index (χ3n) is 10.3. The Labute approximate surface area is 186 Å². The van der Waals surface area contributed by atoms with Crippen LogP contribution in [-0.2, 0) is 28.6 Å². The number of hydrogen-bond donors (Lipinski definition) is 2. The summed E-state index contributed by atoms with van der Waals surface area (Å²) in [5.41, 5.74) is -1.92. The molecule has 32 heavy (non-hydrogen) atoms. The van der Waals surface area contributed by atoms with Crippen molar-refractivity contribution in [1.82, 2.24) is 0 Å². The Morgan fingerprint density at radius 3 is 2.59 bits per heavy atom. The van der Waals surface area contributed by atoms with Crippen LogP contribution in [-0.4, -0.2) is 64.6 Å². The minimum atomic E-state index is -1.14. The number of carbonyl (C=O) groups is 3. The third-order valence-corrected chi connectivity index (χ3v) is 10.3. The number of rotatable bonds is 1. The maximum atomic E-state index is 13.1. The molecule has 2 aliphatic heterocycles. The van der Waals surface area contributed by atoms with Crippen molar-refractivity contribution < 1.29 is 38.8 Å². The van der Waals surface area contributed by atoms with Crippen LogP contribution in [0.3, 0.4) is 0 Å². The van der Waals surface area contributed by atoms with Gasteiger partial charge in [-0.15, -0.1) is 0 Å². The van der Waals surface area contributed by atoms with Crippen LogP contribution in [0.2, 0.25) is 0 Å². The van der Waals surface area contributed by atoms with Crippen LogP contribution in [0.1, 0.15) is 52.4 Å². The minimum absolute atomic E-state index is 0.0421. The first kappa shape index (κ1) is 20.8. The molecule has 0 aromatic heterocycles. The van der Waals surface area contributed by atoms with E-state index in [4.69, 9.17) is 14.2 Å². The van der Waals surface area contributed by atoms with Crippen molar-refractivity contribution in [3.8, 4) is 0 Å². The van der Waals surface area contributed by atoms with Crippen LogP contribution in [0.25, 0.3) is 0 Å². The molecule has 6 aliphatic rings. The highest BCUT2D eigenvalue weighted by Crippen LogP contribution is 2.78. The predicted octanol–water partition coefficient (Wildman–Crippen LogP) is 1.07. The second-order valence-electron chi connectivity index (χ2n) is 11.2. The smallest absolute Gasteiger partial charge is 0.335 e. The van der Waals surface area contributed by atoms with Gasteiger partial charge in [0.2, 0.25) is 0 Å². The van der Waals surface area contributed by atoms with Crippen molar-refractivity contribution in [2.24, 2.45) is 28.6 Å². The summed E-state index contributed by atoms with van der Waals surface area (Å²) in [4.78, 5) is 37.6. The highest BCUT2D eigenvalue weighted by Gasteiger charge is 2.85. The van der Waals surface area contributed by atoms with E-state index in [1.54, 1.807) is 0 Å². The Kier molecular flexibility index (Phi) is 3.91. The molecule has 8 nitrogen and oxygen atoms in total. The molecule has 2 spiro atoms. The van der Waals surface area contributed by atoms with Gasteiger partial charge >= 0.3 is 11.9 Å². The van der Waals surface area contributed by atoms with E-state index in [1.165, 1.54) is 13.2 Å². The summed E-state index contributed by atoms with van der Waals surface area (Å²) >= 11 is 0. The number of ether oxygens (including phenoxy) is 3. The molecule has 0 bridgehead atoms. The zero-order valence-corrected chi connectivity index (χ0v) is 18.6. The molecule has 2 heterocycles. The fourth-order valence-corrected chi connectivity index (χ4v) is 8.74. The number of aliphatic hydroxyl groups excluding tert-OH is 2. The molecule has 0 radical (unpaired) electrons. The normalized spacial score (nSPS) is 55.3. The van der Waals surface area contributed by atoms with Gasteiger partial charge in [-0.2, -0.15) is 0 Å². The first-order valence-corrected chi connectivity index (χ1v) is 11.6. The van der Waals surface area contributed by atoms with E-state index >= 15 is 0 Å². The molecular weight excluding hydrogens is 416 g/mol. The molecule has 4 aliphatic carbocycles. The van der Waals surface area contributed by atoms with Gasteiger partial charge < -0.3 is 24.4 Å². The van der Waals surface area contributed by atoms with Gasteiger partial charge in [-0.05, 0) is 43.3 Å². The summed E-state index contributed by atoms with van der Waals surface area (Å²) in [5.74, 6) is -2.40. The summed E-state index contributed by atoms with van der Waals surface area (Å²) in [6.07, 6.45) is 2.23. The summed E-state index contributed by atoms with van der Waals surface area (Å²) in [6.45, 7) is 4.14. The van der Waals surface area contributed by atoms with Gasteiger partial charge in [-0.1, -0.05) is 13.8 Å². The van der Waals surface area contributed by atoms with E-state index in [9.17, 15) is 24.6 Å². The Morgan fingerprint density at radius 1 is 1.19 bits per heavy atom. The number of carbonyl (C=O) groups excluding carboxylic acids is 3. The molecule has 2 saturated heterocycles. The van der Waals surface area contributed by atoms with Crippen LogP contribution in [0, 0.1) is 28.6 Å². The van der Waals surface area contributed by atoms with Gasteiger partial charge in [-0.25, -0.2) is 4.79 Å². The summed E-state index contributed by atoms with van der Waals surface area (Å²) in [7, 11) is 1.31. The van der Waals surface area contributed by atoms with Crippen molar-refractivity contribution in [1.29, 1.82) is 0 Å². The molecule has 10 atom stereocenters. The Balaban J connectivity index is 1.51. The molecular formula is C24H30O8. The molecule has 174 valence electrons. The average molecular weight is 446 g/mol. The SMILES string of the molecule is COC(=O)C1C2C3CC[C@@]4(CC(O)C(=O)O4)[C@@]3(C)C[C@@H]3O[C@@]23[C@@]2(C)CCC(=O)C=C2[C@@H]1O. The van der Waals surface area contributed by atoms with Gasteiger partial charge in [0.05, 0.1) is 25.2 Å². The standard InChI is InChI=1S/C24H30O8/c1-21-6-4-11(25)8-13(21)18(27)16(20(29)30-3)17-12-5-7-23(9-14(26)19(28)32-23)22(12,2)10-15-24(17,21)31-15/h8,12,14-18,26-27H,4-7,9-10H2,1-3H3/t12?,14?,15-,16?,17?,18-,21-,22-,23+,24+/m0/s1. The first-order chi connectivity index (χ1) is 15.0. The maximum absolute atomic E-state index is 13.1. The van der Waals surface area contributed by atoms with E-state index < -0.39 is 52.1 Å². The third kappa shape index (κ3) is 2.08. The lowest BCUT2D eigenvalue weighted by atomic mass is 9.43. The predicted molar refractivity (Wildman–Crippen MR) is 108 cm³/mol. The molecule has 0 aromatic carbocycles. The van der Waals surface area contributed by atoms with Crippen LogP contribution >= 0.6 is 0 Å². The van der Waals surface area contributed by atoms with Gasteiger partial charge in [-0.3, -0.25) is 9.59 Å². The fourth-order valence-electron chi connectivity index (χ4n) is 8.74. The monoisotopic (exact) mass is 446 g/mol. The largest absolute Gasteiger partial charge is 0.469 e. The molecule has 5 fully saturated rings. The van der Waals surface area contributed by atoms with Gasteiger partial charge in [0.1, 0.15) is 11.2 Å². The quantitative estimate of drug-likeness (QED) is 0.453. The molecule has 6 rings (SSSR count). The molecule has 8 heteroatoms. The van der Waals surface area contributed by atoms with Crippen LogP contribution in [0.5, 0.6) is 0 Å². The molecule has 0 aromatic rings. The number of aliphatic hydroxyl groups is 2. The van der Waals surface area contributed by atoms with E-state index in [0.717, 1.165) is 0 Å². The van der Waals surface area contributed by atoms with Crippen molar-refractivity contribution in [3.63, 3.8) is 0 Å². The highest BCUT2D eigenvalue weighted by atomic mass is 16.6. The van der Waals surface area contributed by atoms with Gasteiger partial charge in [0.15, 0.2) is 11.9 Å².